The minimum Gasteiger partial charge on any atom is -0.493 e. The molecule has 11 heteroatoms. The maximum Gasteiger partial charge on any atom is 0.252 e. The van der Waals surface area contributed by atoms with Crippen LogP contribution in [-0.4, -0.2) is 58.5 Å². The van der Waals surface area contributed by atoms with Crippen molar-refractivity contribution in [2.45, 2.75) is 64.2 Å². The van der Waals surface area contributed by atoms with Crippen molar-refractivity contribution in [2.24, 2.45) is 0 Å². The highest BCUT2D eigenvalue weighted by Crippen LogP contribution is 2.28. The number of carbonyl (C=O) groups is 3. The van der Waals surface area contributed by atoms with Crippen LogP contribution in [0.3, 0.4) is 0 Å². The summed E-state index contributed by atoms with van der Waals surface area (Å²) in [5.41, 5.74) is 1.83. The number of aromatic nitrogens is 3. The lowest BCUT2D eigenvalue weighted by Gasteiger charge is -2.23. The van der Waals surface area contributed by atoms with Gasteiger partial charge in [-0.15, -0.1) is 5.10 Å². The highest BCUT2D eigenvalue weighted by molar-refractivity contribution is 5.98. The molecule has 1 aliphatic rings. The normalized spacial score (nSPS) is 18.7. The Morgan fingerprint density at radius 1 is 1.05 bits per heavy atom. The average molecular weight is 549 g/mol. The summed E-state index contributed by atoms with van der Waals surface area (Å²) in [7, 11) is 1.53. The van der Waals surface area contributed by atoms with E-state index < -0.39 is 23.9 Å². The molecular weight excluding hydrogens is 512 g/mol. The van der Waals surface area contributed by atoms with Gasteiger partial charge in [0.15, 0.2) is 11.5 Å². The number of unbranched alkanes of at least 4 members (excludes halogenated alkanes) is 1. The van der Waals surface area contributed by atoms with E-state index in [1.807, 2.05) is 37.3 Å². The minimum absolute atomic E-state index is 0.162. The van der Waals surface area contributed by atoms with Crippen LogP contribution in [0, 0.1) is 0 Å². The lowest BCUT2D eigenvalue weighted by Crippen LogP contribution is -2.54. The lowest BCUT2D eigenvalue weighted by atomic mass is 10.0. The van der Waals surface area contributed by atoms with Crippen LogP contribution >= 0.6 is 0 Å². The van der Waals surface area contributed by atoms with Gasteiger partial charge in [-0.2, -0.15) is 0 Å². The van der Waals surface area contributed by atoms with Crippen LogP contribution in [0.1, 0.15) is 54.2 Å². The maximum atomic E-state index is 13.5. The van der Waals surface area contributed by atoms with Gasteiger partial charge < -0.3 is 25.4 Å². The third kappa shape index (κ3) is 7.81. The summed E-state index contributed by atoms with van der Waals surface area (Å²) in [6, 6.07) is 12.7. The van der Waals surface area contributed by atoms with Crippen LogP contribution < -0.4 is 25.4 Å². The van der Waals surface area contributed by atoms with Crippen molar-refractivity contribution in [3.05, 3.63) is 71.5 Å². The van der Waals surface area contributed by atoms with E-state index in [4.69, 9.17) is 9.47 Å². The van der Waals surface area contributed by atoms with E-state index in [2.05, 4.69) is 26.3 Å². The molecular formula is C29H36N6O5. The van der Waals surface area contributed by atoms with Crippen LogP contribution in [0.2, 0.25) is 0 Å². The van der Waals surface area contributed by atoms with Crippen LogP contribution in [0.4, 0.5) is 0 Å². The Balaban J connectivity index is 1.63. The van der Waals surface area contributed by atoms with Crippen LogP contribution in [-0.2, 0) is 29.1 Å². The van der Waals surface area contributed by atoms with Gasteiger partial charge in [-0.25, -0.2) is 0 Å². The van der Waals surface area contributed by atoms with E-state index in [0.717, 1.165) is 18.4 Å². The molecule has 1 aromatic heterocycles. The summed E-state index contributed by atoms with van der Waals surface area (Å²) in [6.45, 7) is 3.08. The second-order valence-electron chi connectivity index (χ2n) is 9.68. The molecule has 2 heterocycles. The first-order valence-corrected chi connectivity index (χ1v) is 13.6. The van der Waals surface area contributed by atoms with Gasteiger partial charge in [-0.1, -0.05) is 55.3 Å². The molecule has 40 heavy (non-hydrogen) atoms. The van der Waals surface area contributed by atoms with Gasteiger partial charge in [-0.05, 0) is 30.2 Å². The fourth-order valence-corrected chi connectivity index (χ4v) is 4.42. The topological polar surface area (TPSA) is 136 Å². The molecule has 0 unspecified atom stereocenters. The third-order valence-electron chi connectivity index (χ3n) is 6.63. The number of benzene rings is 2. The first kappa shape index (κ1) is 28.6. The molecule has 4 bridgehead atoms. The highest BCUT2D eigenvalue weighted by Gasteiger charge is 2.27. The Kier molecular flexibility index (Phi) is 10.1. The average Bonchev–Trinajstić information content (AvgIpc) is 3.43. The molecule has 0 saturated heterocycles. The number of nitrogens with zero attached hydrogens (tertiary/aromatic N) is 3. The quantitative estimate of drug-likeness (QED) is 0.430. The summed E-state index contributed by atoms with van der Waals surface area (Å²) in [6.07, 6.45) is 4.68. The van der Waals surface area contributed by atoms with Gasteiger partial charge in [-0.3, -0.25) is 19.1 Å². The second-order valence-corrected chi connectivity index (χ2v) is 9.68. The standard InChI is InChI=1S/C29H36N6O5/c1-3-4-11-23-29(38)32-24(16-20-9-6-5-7-10-20)28(37)30-18-22-19-35(34-33-22)14-8-15-40-26-17-21(27(36)31-23)12-13-25(26)39-2/h5-7,9-10,12-13,17,19,23-24H,3-4,8,11,14-16,18H2,1-2H3,(H,30,37)(H,31,36)(H,32,38)/t23-,24-/m0/s1. The summed E-state index contributed by atoms with van der Waals surface area (Å²) in [4.78, 5) is 40.0. The second kappa shape index (κ2) is 14.1. The first-order valence-electron chi connectivity index (χ1n) is 13.6. The third-order valence-corrected chi connectivity index (χ3v) is 6.63. The van der Waals surface area contributed by atoms with Gasteiger partial charge in [0.05, 0.1) is 26.5 Å². The van der Waals surface area contributed by atoms with Crippen molar-refractivity contribution < 1.29 is 23.9 Å². The molecule has 0 aliphatic carbocycles. The predicted molar refractivity (Wildman–Crippen MR) is 148 cm³/mol. The van der Waals surface area contributed by atoms with Crippen LogP contribution in [0.5, 0.6) is 11.5 Å². The number of carbonyl (C=O) groups excluding carboxylic acids is 3. The molecule has 0 saturated carbocycles. The van der Waals surface area contributed by atoms with E-state index >= 15 is 0 Å². The monoisotopic (exact) mass is 548 g/mol. The number of hydrogen-bond donors (Lipinski definition) is 3. The van der Waals surface area contributed by atoms with E-state index in [-0.39, 0.29) is 12.5 Å². The number of rotatable bonds is 6. The fraction of sp³-hybridized carbons (Fsp3) is 0.414. The molecule has 11 nitrogen and oxygen atoms in total. The van der Waals surface area contributed by atoms with E-state index in [9.17, 15) is 14.4 Å². The highest BCUT2D eigenvalue weighted by atomic mass is 16.5. The Hall–Kier alpha value is -4.41. The van der Waals surface area contributed by atoms with Crippen LogP contribution in [0.25, 0.3) is 0 Å². The summed E-state index contributed by atoms with van der Waals surface area (Å²) in [5.74, 6) is -0.260. The zero-order valence-corrected chi connectivity index (χ0v) is 22.9. The number of ether oxygens (including phenoxy) is 2. The van der Waals surface area contributed by atoms with Crippen molar-refractivity contribution >= 4 is 17.7 Å². The first-order chi connectivity index (χ1) is 19.5. The molecule has 2 atom stereocenters. The number of nitrogens with one attached hydrogen (secondary N) is 3. The molecule has 212 valence electrons. The molecule has 3 N–H and O–H groups in total. The van der Waals surface area contributed by atoms with Crippen molar-refractivity contribution in [3.8, 4) is 11.5 Å². The number of hydrogen-bond acceptors (Lipinski definition) is 7. The molecule has 4 rings (SSSR count). The van der Waals surface area contributed by atoms with Crippen molar-refractivity contribution in [1.29, 1.82) is 0 Å². The largest absolute Gasteiger partial charge is 0.493 e. The zero-order valence-electron chi connectivity index (χ0n) is 22.9. The van der Waals surface area contributed by atoms with Gasteiger partial charge in [0.2, 0.25) is 11.8 Å². The Morgan fingerprint density at radius 2 is 1.88 bits per heavy atom. The van der Waals surface area contributed by atoms with Gasteiger partial charge >= 0.3 is 0 Å². The van der Waals surface area contributed by atoms with Gasteiger partial charge in [0.25, 0.3) is 5.91 Å². The summed E-state index contributed by atoms with van der Waals surface area (Å²) in [5, 5.41) is 16.9. The molecule has 1 aliphatic heterocycles. The number of fused-ring (bicyclic) bond motifs is 4. The SMILES string of the molecule is CCCC[C@@H]1NC(=O)c2ccc(OC)c(c2)OCCCn2cc(nn2)CNC(=O)[C@H](Cc2ccccc2)NC1=O. The Morgan fingerprint density at radius 3 is 2.65 bits per heavy atom. The summed E-state index contributed by atoms with van der Waals surface area (Å²) < 4.78 is 13.0. The molecule has 0 spiro atoms. The van der Waals surface area contributed by atoms with Crippen LogP contribution in [0.15, 0.2) is 54.7 Å². The smallest absolute Gasteiger partial charge is 0.252 e. The molecule has 3 amide bonds. The van der Waals surface area contributed by atoms with Gasteiger partial charge in [0, 0.05) is 24.9 Å². The fourth-order valence-electron chi connectivity index (χ4n) is 4.42. The Bertz CT molecular complexity index is 1300. The predicted octanol–water partition coefficient (Wildman–Crippen LogP) is 2.40. The van der Waals surface area contributed by atoms with Crippen molar-refractivity contribution in [2.75, 3.05) is 13.7 Å². The van der Waals surface area contributed by atoms with Gasteiger partial charge in [0.1, 0.15) is 17.8 Å². The van der Waals surface area contributed by atoms with E-state index in [1.54, 1.807) is 29.1 Å². The molecule has 2 aromatic carbocycles. The molecule has 3 aromatic rings. The maximum absolute atomic E-state index is 13.5. The minimum atomic E-state index is -0.853. The zero-order chi connectivity index (χ0) is 28.3. The number of aryl methyl sites for hydroxylation is 1. The van der Waals surface area contributed by atoms with Crippen molar-refractivity contribution in [3.63, 3.8) is 0 Å². The molecule has 0 fully saturated rings. The lowest BCUT2D eigenvalue weighted by molar-refractivity contribution is -0.130. The number of amides is 3. The Labute approximate surface area is 233 Å². The van der Waals surface area contributed by atoms with Crippen molar-refractivity contribution in [1.82, 2.24) is 30.9 Å². The van der Waals surface area contributed by atoms with E-state index in [1.165, 1.54) is 7.11 Å². The van der Waals surface area contributed by atoms with E-state index in [0.29, 0.717) is 55.2 Å². The summed E-state index contributed by atoms with van der Waals surface area (Å²) >= 11 is 0. The number of methoxy groups -OCH3 is 1. The molecule has 0 radical (unpaired) electrons.